The van der Waals surface area contributed by atoms with E-state index in [4.69, 9.17) is 4.55 Å². The van der Waals surface area contributed by atoms with Crippen LogP contribution >= 0.6 is 0 Å². The van der Waals surface area contributed by atoms with Crippen molar-refractivity contribution in [3.05, 3.63) is 59.9 Å². The number of amides is 2. The number of nitrogens with one attached hydrogen (secondary N) is 2. The maximum absolute atomic E-state index is 13.0. The lowest BCUT2D eigenvalue weighted by atomic mass is 10.1. The molecule has 0 atom stereocenters. The normalized spacial score (nSPS) is 11.0. The van der Waals surface area contributed by atoms with Gasteiger partial charge in [-0.3, -0.25) is 4.55 Å². The predicted molar refractivity (Wildman–Crippen MR) is 83.4 cm³/mol. The van der Waals surface area contributed by atoms with Crippen molar-refractivity contribution in [3.63, 3.8) is 0 Å². The summed E-state index contributed by atoms with van der Waals surface area (Å²) < 4.78 is 44.0. The van der Waals surface area contributed by atoms with Crippen LogP contribution in [0.2, 0.25) is 0 Å². The first-order chi connectivity index (χ1) is 10.8. The van der Waals surface area contributed by atoms with Crippen molar-refractivity contribution in [1.82, 2.24) is 5.32 Å². The lowest BCUT2D eigenvalue weighted by molar-refractivity contribution is 0.252. The van der Waals surface area contributed by atoms with Crippen molar-refractivity contribution in [3.8, 4) is 0 Å². The van der Waals surface area contributed by atoms with Gasteiger partial charge in [0, 0.05) is 12.2 Å². The summed E-state index contributed by atoms with van der Waals surface area (Å²) in [5.41, 5.74) is 0.974. The molecule has 0 spiro atoms. The van der Waals surface area contributed by atoms with Gasteiger partial charge in [-0.15, -0.1) is 0 Å². The molecule has 8 heteroatoms. The van der Waals surface area contributed by atoms with Gasteiger partial charge in [-0.2, -0.15) is 8.42 Å². The molecule has 0 saturated carbocycles. The van der Waals surface area contributed by atoms with E-state index in [-0.39, 0.29) is 22.9 Å². The highest BCUT2D eigenvalue weighted by Crippen LogP contribution is 2.14. The molecule has 0 aliphatic carbocycles. The van der Waals surface area contributed by atoms with Crippen LogP contribution in [0.25, 0.3) is 0 Å². The van der Waals surface area contributed by atoms with E-state index in [2.05, 4.69) is 10.6 Å². The van der Waals surface area contributed by atoms with Gasteiger partial charge >= 0.3 is 6.03 Å². The van der Waals surface area contributed by atoms with Gasteiger partial charge in [0.25, 0.3) is 10.1 Å². The molecule has 122 valence electrons. The molecule has 2 rings (SSSR count). The minimum atomic E-state index is -4.33. The maximum Gasteiger partial charge on any atom is 0.319 e. The van der Waals surface area contributed by atoms with Crippen molar-refractivity contribution in [2.75, 3.05) is 11.9 Å². The Bertz CT molecular complexity index is 809. The Balaban J connectivity index is 1.88. The van der Waals surface area contributed by atoms with E-state index in [0.29, 0.717) is 6.42 Å². The van der Waals surface area contributed by atoms with Gasteiger partial charge in [0.15, 0.2) is 0 Å². The van der Waals surface area contributed by atoms with E-state index in [0.717, 1.165) is 11.6 Å². The van der Waals surface area contributed by atoms with E-state index in [1.165, 1.54) is 30.3 Å². The zero-order valence-electron chi connectivity index (χ0n) is 12.0. The van der Waals surface area contributed by atoms with Crippen LogP contribution in [0.4, 0.5) is 14.9 Å². The molecule has 23 heavy (non-hydrogen) atoms. The minimum absolute atomic E-state index is 0.225. The summed E-state index contributed by atoms with van der Waals surface area (Å²) in [5.74, 6) is -0.339. The zero-order valence-corrected chi connectivity index (χ0v) is 12.8. The molecule has 0 radical (unpaired) electrons. The molecule has 0 aliphatic heterocycles. The molecule has 0 unspecified atom stereocenters. The number of halogens is 1. The number of anilines is 1. The van der Waals surface area contributed by atoms with Gasteiger partial charge in [0.2, 0.25) is 0 Å². The fourth-order valence-corrected chi connectivity index (χ4v) is 2.45. The Labute approximate surface area is 133 Å². The van der Waals surface area contributed by atoms with Crippen molar-refractivity contribution in [2.45, 2.75) is 11.3 Å². The Morgan fingerprint density at radius 1 is 1.13 bits per heavy atom. The third kappa shape index (κ3) is 5.35. The molecule has 2 aromatic carbocycles. The van der Waals surface area contributed by atoms with E-state index >= 15 is 0 Å². The second-order valence-corrected chi connectivity index (χ2v) is 6.19. The molecule has 0 saturated heterocycles. The number of hydrogen-bond donors (Lipinski definition) is 3. The fraction of sp³-hybridized carbons (Fsp3) is 0.133. The van der Waals surface area contributed by atoms with Crippen LogP contribution in [-0.2, 0) is 16.5 Å². The lowest BCUT2D eigenvalue weighted by Crippen LogP contribution is -2.30. The van der Waals surface area contributed by atoms with Gasteiger partial charge in [-0.1, -0.05) is 18.2 Å². The predicted octanol–water partition coefficient (Wildman–Crippen LogP) is 2.44. The SMILES string of the molecule is O=C(NCCc1cccc(F)c1)Nc1cccc(S(=O)(=O)O)c1. The highest BCUT2D eigenvalue weighted by atomic mass is 32.2. The molecular formula is C15H15FN2O4S. The van der Waals surface area contributed by atoms with E-state index in [1.54, 1.807) is 12.1 Å². The van der Waals surface area contributed by atoms with Crippen LogP contribution in [0.3, 0.4) is 0 Å². The molecule has 3 N–H and O–H groups in total. The zero-order chi connectivity index (χ0) is 16.9. The minimum Gasteiger partial charge on any atom is -0.338 e. The summed E-state index contributed by atoms with van der Waals surface area (Å²) in [4.78, 5) is 11.4. The summed E-state index contributed by atoms with van der Waals surface area (Å²) in [6, 6.07) is 10.8. The highest BCUT2D eigenvalue weighted by Gasteiger charge is 2.10. The van der Waals surface area contributed by atoms with Crippen molar-refractivity contribution in [1.29, 1.82) is 0 Å². The largest absolute Gasteiger partial charge is 0.338 e. The average Bonchev–Trinajstić information content (AvgIpc) is 2.46. The molecule has 0 bridgehead atoms. The number of urea groups is 1. The number of benzene rings is 2. The van der Waals surface area contributed by atoms with Crippen molar-refractivity contribution in [2.24, 2.45) is 0 Å². The second kappa shape index (κ2) is 7.21. The van der Waals surface area contributed by atoms with E-state index in [1.807, 2.05) is 0 Å². The molecular weight excluding hydrogens is 323 g/mol. The molecule has 2 aromatic rings. The van der Waals surface area contributed by atoms with Crippen LogP contribution in [0.15, 0.2) is 53.4 Å². The molecule has 2 amide bonds. The molecule has 0 fully saturated rings. The maximum atomic E-state index is 13.0. The smallest absolute Gasteiger partial charge is 0.319 e. The first-order valence-corrected chi connectivity index (χ1v) is 8.15. The van der Waals surface area contributed by atoms with Crippen molar-refractivity contribution >= 4 is 21.8 Å². The third-order valence-electron chi connectivity index (χ3n) is 2.98. The van der Waals surface area contributed by atoms with Gasteiger partial charge in [-0.05, 0) is 42.3 Å². The number of hydrogen-bond acceptors (Lipinski definition) is 3. The van der Waals surface area contributed by atoms with E-state index in [9.17, 15) is 17.6 Å². The topological polar surface area (TPSA) is 95.5 Å². The quantitative estimate of drug-likeness (QED) is 0.730. The Morgan fingerprint density at radius 2 is 1.87 bits per heavy atom. The standard InChI is InChI=1S/C15H15FN2O4S/c16-12-4-1-3-11(9-12)7-8-17-15(19)18-13-5-2-6-14(10-13)23(20,21)22/h1-6,9-10H,7-8H2,(H2,17,18,19)(H,20,21,22). The molecule has 0 aromatic heterocycles. The van der Waals surface area contributed by atoms with Crippen LogP contribution in [-0.4, -0.2) is 25.5 Å². The molecule has 6 nitrogen and oxygen atoms in total. The number of carbonyl (C=O) groups is 1. The first-order valence-electron chi connectivity index (χ1n) is 6.71. The summed E-state index contributed by atoms with van der Waals surface area (Å²) in [6.45, 7) is 0.285. The Hall–Kier alpha value is -2.45. The van der Waals surface area contributed by atoms with Gasteiger partial charge in [0.05, 0.1) is 4.90 Å². The van der Waals surface area contributed by atoms with E-state index < -0.39 is 16.1 Å². The Kier molecular flexibility index (Phi) is 5.30. The Morgan fingerprint density at radius 3 is 2.57 bits per heavy atom. The van der Waals surface area contributed by atoms with Crippen molar-refractivity contribution < 1.29 is 22.2 Å². The summed E-state index contributed by atoms with van der Waals surface area (Å²) in [5, 5.41) is 5.03. The number of carbonyl (C=O) groups excluding carboxylic acids is 1. The van der Waals surface area contributed by atoms with Gasteiger partial charge < -0.3 is 10.6 Å². The number of rotatable bonds is 5. The van der Waals surface area contributed by atoms with Crippen LogP contribution in [0.5, 0.6) is 0 Å². The fourth-order valence-electron chi connectivity index (χ4n) is 1.92. The summed E-state index contributed by atoms with van der Waals surface area (Å²) >= 11 is 0. The monoisotopic (exact) mass is 338 g/mol. The first kappa shape index (κ1) is 16.9. The van der Waals surface area contributed by atoms with Gasteiger partial charge in [-0.25, -0.2) is 9.18 Å². The third-order valence-corrected chi connectivity index (χ3v) is 3.83. The average molecular weight is 338 g/mol. The second-order valence-electron chi connectivity index (χ2n) is 4.76. The molecule has 0 heterocycles. The molecule has 0 aliphatic rings. The van der Waals surface area contributed by atoms with Crippen LogP contribution in [0.1, 0.15) is 5.56 Å². The highest BCUT2D eigenvalue weighted by molar-refractivity contribution is 7.85. The van der Waals surface area contributed by atoms with Crippen LogP contribution in [0, 0.1) is 5.82 Å². The van der Waals surface area contributed by atoms with Crippen LogP contribution < -0.4 is 10.6 Å². The summed E-state index contributed by atoms with van der Waals surface area (Å²) in [6.07, 6.45) is 0.455. The van der Waals surface area contributed by atoms with Gasteiger partial charge in [0.1, 0.15) is 5.82 Å². The summed E-state index contributed by atoms with van der Waals surface area (Å²) in [7, 11) is -4.33. The lowest BCUT2D eigenvalue weighted by Gasteiger charge is -2.08.